The fraction of sp³-hybridized carbons (Fsp3) is 0.312. The minimum absolute atomic E-state index is 0.0717. The Bertz CT molecular complexity index is 786. The lowest BCUT2D eigenvalue weighted by molar-refractivity contribution is 0.0585. The van der Waals surface area contributed by atoms with Gasteiger partial charge in [0.25, 0.3) is 5.91 Å². The highest BCUT2D eigenvalue weighted by Crippen LogP contribution is 2.17. The normalized spacial score (nSPS) is 15.8. The van der Waals surface area contributed by atoms with Gasteiger partial charge in [0.2, 0.25) is 11.7 Å². The fourth-order valence-electron chi connectivity index (χ4n) is 2.68. The van der Waals surface area contributed by atoms with E-state index in [4.69, 9.17) is 13.4 Å². The van der Waals surface area contributed by atoms with E-state index in [9.17, 15) is 4.79 Å². The molecule has 1 fully saturated rings. The number of aromatic nitrogens is 2. The predicted molar refractivity (Wildman–Crippen MR) is 81.9 cm³/mol. The SMILES string of the molecule is O=C(c1ccco1)N1CCN(Cc2nc(-c3ccco3)no2)CC1. The molecule has 3 aromatic rings. The number of carbonyl (C=O) groups is 1. The molecule has 0 N–H and O–H groups in total. The summed E-state index contributed by atoms with van der Waals surface area (Å²) in [5.74, 6) is 1.87. The third-order valence-corrected chi connectivity index (χ3v) is 3.96. The molecule has 0 saturated carbocycles. The molecule has 0 aliphatic carbocycles. The average Bonchev–Trinajstić information content (AvgIpc) is 3.36. The highest BCUT2D eigenvalue weighted by molar-refractivity contribution is 5.91. The van der Waals surface area contributed by atoms with Gasteiger partial charge in [0.15, 0.2) is 11.5 Å². The molecule has 0 radical (unpaired) electrons. The first-order chi connectivity index (χ1) is 11.8. The molecule has 1 amide bonds. The molecule has 4 heterocycles. The van der Waals surface area contributed by atoms with Crippen LogP contribution in [-0.2, 0) is 6.54 Å². The van der Waals surface area contributed by atoms with Crippen LogP contribution in [-0.4, -0.2) is 52.0 Å². The maximum Gasteiger partial charge on any atom is 0.289 e. The Morgan fingerprint density at radius 1 is 1.08 bits per heavy atom. The summed E-state index contributed by atoms with van der Waals surface area (Å²) in [5.41, 5.74) is 0. The van der Waals surface area contributed by atoms with Crippen molar-refractivity contribution in [3.63, 3.8) is 0 Å². The van der Waals surface area contributed by atoms with E-state index < -0.39 is 0 Å². The molecule has 8 heteroatoms. The molecule has 0 aromatic carbocycles. The maximum absolute atomic E-state index is 12.2. The maximum atomic E-state index is 12.2. The van der Waals surface area contributed by atoms with Crippen molar-refractivity contribution in [3.8, 4) is 11.6 Å². The van der Waals surface area contributed by atoms with Gasteiger partial charge in [-0.2, -0.15) is 4.98 Å². The molecule has 4 rings (SSSR count). The van der Waals surface area contributed by atoms with Gasteiger partial charge in [0.1, 0.15) is 0 Å². The van der Waals surface area contributed by atoms with Crippen LogP contribution in [0, 0.1) is 0 Å². The average molecular weight is 328 g/mol. The Hall–Kier alpha value is -2.87. The van der Waals surface area contributed by atoms with E-state index in [0.29, 0.717) is 42.9 Å². The van der Waals surface area contributed by atoms with E-state index in [2.05, 4.69) is 15.0 Å². The quantitative estimate of drug-likeness (QED) is 0.722. The van der Waals surface area contributed by atoms with Gasteiger partial charge in [-0.3, -0.25) is 9.69 Å². The number of nitrogens with zero attached hydrogens (tertiary/aromatic N) is 4. The first kappa shape index (κ1) is 14.7. The number of carbonyl (C=O) groups excluding carboxylic acids is 1. The van der Waals surface area contributed by atoms with Crippen molar-refractivity contribution >= 4 is 5.91 Å². The van der Waals surface area contributed by atoms with Crippen LogP contribution in [0.2, 0.25) is 0 Å². The zero-order chi connectivity index (χ0) is 16.4. The zero-order valence-corrected chi connectivity index (χ0v) is 12.9. The van der Waals surface area contributed by atoms with Crippen molar-refractivity contribution in [2.75, 3.05) is 26.2 Å². The van der Waals surface area contributed by atoms with Crippen LogP contribution >= 0.6 is 0 Å². The summed E-state index contributed by atoms with van der Waals surface area (Å²) in [4.78, 5) is 20.5. The molecule has 1 saturated heterocycles. The molecular formula is C16H16N4O4. The van der Waals surface area contributed by atoms with Crippen LogP contribution in [0.1, 0.15) is 16.4 Å². The highest BCUT2D eigenvalue weighted by Gasteiger charge is 2.24. The van der Waals surface area contributed by atoms with E-state index >= 15 is 0 Å². The summed E-state index contributed by atoms with van der Waals surface area (Å²) in [6.07, 6.45) is 3.08. The lowest BCUT2D eigenvalue weighted by Gasteiger charge is -2.33. The molecule has 0 spiro atoms. The minimum Gasteiger partial charge on any atom is -0.461 e. The number of piperazine rings is 1. The van der Waals surface area contributed by atoms with Gasteiger partial charge in [0, 0.05) is 26.2 Å². The fourth-order valence-corrected chi connectivity index (χ4v) is 2.68. The Kier molecular flexibility index (Phi) is 3.87. The molecule has 1 aliphatic heterocycles. The first-order valence-corrected chi connectivity index (χ1v) is 7.71. The highest BCUT2D eigenvalue weighted by atomic mass is 16.5. The molecule has 3 aromatic heterocycles. The lowest BCUT2D eigenvalue weighted by atomic mass is 10.3. The summed E-state index contributed by atoms with van der Waals surface area (Å²) in [7, 11) is 0. The smallest absolute Gasteiger partial charge is 0.289 e. The Morgan fingerprint density at radius 2 is 1.88 bits per heavy atom. The molecule has 0 unspecified atom stereocenters. The van der Waals surface area contributed by atoms with Crippen molar-refractivity contribution in [1.82, 2.24) is 19.9 Å². The van der Waals surface area contributed by atoms with Crippen LogP contribution in [0.15, 0.2) is 50.1 Å². The van der Waals surface area contributed by atoms with E-state index in [-0.39, 0.29) is 5.91 Å². The summed E-state index contributed by atoms with van der Waals surface area (Å²) in [5, 5.41) is 3.92. The standard InChI is InChI=1S/C16H16N4O4/c21-16(13-4-2-10-23-13)20-7-5-19(6-8-20)11-14-17-15(18-24-14)12-3-1-9-22-12/h1-4,9-10H,5-8,11H2. The van der Waals surface area contributed by atoms with Gasteiger partial charge in [-0.1, -0.05) is 5.16 Å². The third-order valence-electron chi connectivity index (χ3n) is 3.96. The Morgan fingerprint density at radius 3 is 2.58 bits per heavy atom. The number of hydrogen-bond acceptors (Lipinski definition) is 7. The van der Waals surface area contributed by atoms with Crippen LogP contribution < -0.4 is 0 Å². The number of furan rings is 2. The van der Waals surface area contributed by atoms with E-state index in [1.807, 2.05) is 0 Å². The Balaban J connectivity index is 1.33. The molecule has 8 nitrogen and oxygen atoms in total. The van der Waals surface area contributed by atoms with Gasteiger partial charge in [-0.15, -0.1) is 0 Å². The van der Waals surface area contributed by atoms with Gasteiger partial charge >= 0.3 is 0 Å². The molecule has 0 bridgehead atoms. The van der Waals surface area contributed by atoms with Crippen molar-refractivity contribution in [2.45, 2.75) is 6.54 Å². The third kappa shape index (κ3) is 2.95. The van der Waals surface area contributed by atoms with Gasteiger partial charge in [-0.05, 0) is 24.3 Å². The minimum atomic E-state index is -0.0717. The number of amides is 1. The second-order valence-corrected chi connectivity index (χ2v) is 5.53. The Labute approximate surface area is 137 Å². The van der Waals surface area contributed by atoms with Crippen molar-refractivity contribution in [1.29, 1.82) is 0 Å². The van der Waals surface area contributed by atoms with Crippen LogP contribution in [0.25, 0.3) is 11.6 Å². The first-order valence-electron chi connectivity index (χ1n) is 7.71. The van der Waals surface area contributed by atoms with Crippen LogP contribution in [0.4, 0.5) is 0 Å². The summed E-state index contributed by atoms with van der Waals surface area (Å²) in [6.45, 7) is 3.31. The summed E-state index contributed by atoms with van der Waals surface area (Å²) >= 11 is 0. The largest absolute Gasteiger partial charge is 0.461 e. The van der Waals surface area contributed by atoms with Crippen molar-refractivity contribution in [2.24, 2.45) is 0 Å². The van der Waals surface area contributed by atoms with E-state index in [1.165, 1.54) is 6.26 Å². The van der Waals surface area contributed by atoms with Gasteiger partial charge in [0.05, 0.1) is 19.1 Å². The predicted octanol–water partition coefficient (Wildman–Crippen LogP) is 1.88. The zero-order valence-electron chi connectivity index (χ0n) is 12.9. The number of hydrogen-bond donors (Lipinski definition) is 0. The second kappa shape index (κ2) is 6.32. The van der Waals surface area contributed by atoms with E-state index in [1.54, 1.807) is 35.4 Å². The molecule has 0 atom stereocenters. The van der Waals surface area contributed by atoms with Gasteiger partial charge < -0.3 is 18.3 Å². The summed E-state index contributed by atoms with van der Waals surface area (Å²) < 4.78 is 15.7. The van der Waals surface area contributed by atoms with Crippen LogP contribution in [0.3, 0.4) is 0 Å². The second-order valence-electron chi connectivity index (χ2n) is 5.53. The van der Waals surface area contributed by atoms with Gasteiger partial charge in [-0.25, -0.2) is 0 Å². The summed E-state index contributed by atoms with van der Waals surface area (Å²) in [6, 6.07) is 6.97. The van der Waals surface area contributed by atoms with E-state index in [0.717, 1.165) is 13.1 Å². The molecule has 1 aliphatic rings. The molecule has 124 valence electrons. The van der Waals surface area contributed by atoms with Crippen molar-refractivity contribution in [3.05, 3.63) is 48.4 Å². The molecular weight excluding hydrogens is 312 g/mol. The topological polar surface area (TPSA) is 88.8 Å². The lowest BCUT2D eigenvalue weighted by Crippen LogP contribution is -2.48. The molecule has 24 heavy (non-hydrogen) atoms. The van der Waals surface area contributed by atoms with Crippen molar-refractivity contribution < 1.29 is 18.2 Å². The monoisotopic (exact) mass is 328 g/mol. The number of rotatable bonds is 4. The van der Waals surface area contributed by atoms with Crippen LogP contribution in [0.5, 0.6) is 0 Å².